The molecule has 5 N–H and O–H groups in total. The number of hydrogen-bond acceptors (Lipinski definition) is 5. The summed E-state index contributed by atoms with van der Waals surface area (Å²) in [7, 11) is 0. The van der Waals surface area contributed by atoms with Gasteiger partial charge in [0.25, 0.3) is 5.91 Å². The zero-order valence-electron chi connectivity index (χ0n) is 14.7. The van der Waals surface area contributed by atoms with Crippen LogP contribution in [0.4, 0.5) is 5.69 Å². The number of nitrogens with one attached hydrogen (secondary N) is 3. The molecule has 1 amide bonds. The van der Waals surface area contributed by atoms with Crippen LogP contribution < -0.4 is 21.7 Å². The Bertz CT molecular complexity index is 601. The van der Waals surface area contributed by atoms with Crippen LogP contribution in [0.5, 0.6) is 0 Å². The van der Waals surface area contributed by atoms with E-state index in [1.807, 2.05) is 32.0 Å². The van der Waals surface area contributed by atoms with Gasteiger partial charge in [0.05, 0.1) is 0 Å². The van der Waals surface area contributed by atoms with Crippen molar-refractivity contribution in [1.82, 2.24) is 10.6 Å². The third-order valence-electron chi connectivity index (χ3n) is 4.21. The second-order valence-electron chi connectivity index (χ2n) is 6.05. The summed E-state index contributed by atoms with van der Waals surface area (Å²) < 4.78 is 0. The quantitative estimate of drug-likeness (QED) is 0.543. The van der Waals surface area contributed by atoms with Gasteiger partial charge >= 0.3 is 0 Å². The summed E-state index contributed by atoms with van der Waals surface area (Å²) in [5.74, 6) is -0.0493. The first-order chi connectivity index (χ1) is 11.5. The third-order valence-corrected chi connectivity index (χ3v) is 5.34. The highest BCUT2D eigenvalue weighted by molar-refractivity contribution is 8.03. The first-order valence-corrected chi connectivity index (χ1v) is 9.36. The average Bonchev–Trinajstić information content (AvgIpc) is 2.86. The lowest BCUT2D eigenvalue weighted by Gasteiger charge is -2.17. The van der Waals surface area contributed by atoms with Gasteiger partial charge in [0.2, 0.25) is 0 Å². The molecule has 24 heavy (non-hydrogen) atoms. The van der Waals surface area contributed by atoms with E-state index in [2.05, 4.69) is 22.9 Å². The van der Waals surface area contributed by atoms with Crippen LogP contribution in [-0.2, 0) is 0 Å². The van der Waals surface area contributed by atoms with Crippen LogP contribution in [0.2, 0.25) is 0 Å². The van der Waals surface area contributed by atoms with Gasteiger partial charge in [-0.3, -0.25) is 4.79 Å². The minimum absolute atomic E-state index is 0.0493. The lowest BCUT2D eigenvalue weighted by molar-refractivity contribution is 0.0947. The van der Waals surface area contributed by atoms with Crippen molar-refractivity contribution in [3.8, 4) is 0 Å². The highest BCUT2D eigenvalue weighted by atomic mass is 32.2. The van der Waals surface area contributed by atoms with Crippen LogP contribution in [0.25, 0.3) is 0 Å². The lowest BCUT2D eigenvalue weighted by atomic mass is 10.1. The van der Waals surface area contributed by atoms with Crippen molar-refractivity contribution in [3.05, 3.63) is 39.9 Å². The summed E-state index contributed by atoms with van der Waals surface area (Å²) in [5, 5.41) is 9.74. The van der Waals surface area contributed by atoms with Crippen LogP contribution in [0.1, 0.15) is 49.0 Å². The van der Waals surface area contributed by atoms with E-state index in [0.29, 0.717) is 5.56 Å². The van der Waals surface area contributed by atoms with E-state index in [-0.39, 0.29) is 11.4 Å². The maximum absolute atomic E-state index is 12.6. The molecule has 0 aromatic heterocycles. The summed E-state index contributed by atoms with van der Waals surface area (Å²) in [6, 6.07) is 5.82. The first kappa shape index (κ1) is 18.7. The fourth-order valence-corrected chi connectivity index (χ4v) is 3.59. The van der Waals surface area contributed by atoms with Crippen molar-refractivity contribution in [3.63, 3.8) is 0 Å². The van der Waals surface area contributed by atoms with Gasteiger partial charge in [0, 0.05) is 28.4 Å². The van der Waals surface area contributed by atoms with Crippen LogP contribution in [0.3, 0.4) is 0 Å². The molecule has 1 aliphatic rings. The normalized spacial score (nSPS) is 16.9. The molecule has 0 aliphatic carbocycles. The van der Waals surface area contributed by atoms with E-state index in [1.54, 1.807) is 11.8 Å². The fourth-order valence-electron chi connectivity index (χ4n) is 2.60. The summed E-state index contributed by atoms with van der Waals surface area (Å²) >= 11 is 1.64. The maximum atomic E-state index is 12.6. The minimum Gasteiger partial charge on any atom is -0.385 e. The number of hydrogen-bond donors (Lipinski definition) is 4. The van der Waals surface area contributed by atoms with Crippen molar-refractivity contribution in [1.29, 1.82) is 0 Å². The molecule has 0 radical (unpaired) electrons. The van der Waals surface area contributed by atoms with Gasteiger partial charge < -0.3 is 21.7 Å². The van der Waals surface area contributed by atoms with Gasteiger partial charge in [-0.1, -0.05) is 24.2 Å². The Morgan fingerprint density at radius 2 is 2.04 bits per heavy atom. The number of thioether (sulfide) groups is 1. The van der Waals surface area contributed by atoms with Crippen molar-refractivity contribution in [2.75, 3.05) is 18.4 Å². The Morgan fingerprint density at radius 1 is 1.25 bits per heavy atom. The number of benzene rings is 1. The molecule has 0 bridgehead atoms. The van der Waals surface area contributed by atoms with Crippen molar-refractivity contribution < 1.29 is 4.79 Å². The van der Waals surface area contributed by atoms with Crippen LogP contribution in [0.15, 0.2) is 28.8 Å². The molecule has 6 heteroatoms. The lowest BCUT2D eigenvalue weighted by Crippen LogP contribution is -2.39. The van der Waals surface area contributed by atoms with Gasteiger partial charge in [0.1, 0.15) is 0 Å². The molecule has 1 aromatic carbocycles. The molecule has 0 fully saturated rings. The Hall–Kier alpha value is -1.66. The summed E-state index contributed by atoms with van der Waals surface area (Å²) in [5.41, 5.74) is 9.26. The van der Waals surface area contributed by atoms with E-state index in [1.165, 1.54) is 4.91 Å². The van der Waals surface area contributed by atoms with Crippen molar-refractivity contribution in [2.24, 2.45) is 5.73 Å². The third kappa shape index (κ3) is 4.92. The largest absolute Gasteiger partial charge is 0.385 e. The summed E-state index contributed by atoms with van der Waals surface area (Å²) in [6.07, 6.45) is 3.26. The Balaban J connectivity index is 1.93. The van der Waals surface area contributed by atoms with Gasteiger partial charge in [-0.15, -0.1) is 0 Å². The highest BCUT2D eigenvalue weighted by Crippen LogP contribution is 2.28. The molecule has 1 unspecified atom stereocenters. The fraction of sp³-hybridized carbons (Fsp3) is 0.500. The van der Waals surface area contributed by atoms with E-state index < -0.39 is 0 Å². The van der Waals surface area contributed by atoms with Crippen LogP contribution in [0, 0.1) is 6.92 Å². The number of unbranched alkanes of at least 4 members (excludes halogenated alkanes) is 2. The molecule has 1 atom stereocenters. The molecule has 1 aromatic rings. The zero-order valence-corrected chi connectivity index (χ0v) is 15.6. The van der Waals surface area contributed by atoms with E-state index in [9.17, 15) is 4.79 Å². The SMILES string of the molecule is CC1=C(C)SC(NC(=O)c2cccc(NCCCCCN)c2C)N1. The number of amides is 1. The molecule has 2 rings (SSSR count). The van der Waals surface area contributed by atoms with Gasteiger partial charge in [0.15, 0.2) is 5.50 Å². The number of carbonyl (C=O) groups is 1. The minimum atomic E-state index is -0.0928. The predicted molar refractivity (Wildman–Crippen MR) is 103 cm³/mol. The number of allylic oxidation sites excluding steroid dienone is 2. The second kappa shape index (κ2) is 8.99. The zero-order chi connectivity index (χ0) is 17.5. The van der Waals surface area contributed by atoms with E-state index in [0.717, 1.165) is 49.3 Å². The molecule has 1 heterocycles. The summed E-state index contributed by atoms with van der Waals surface area (Å²) in [6.45, 7) is 7.71. The van der Waals surface area contributed by atoms with Crippen molar-refractivity contribution >= 4 is 23.4 Å². The molecule has 0 saturated carbocycles. The summed E-state index contributed by atoms with van der Waals surface area (Å²) in [4.78, 5) is 13.8. The highest BCUT2D eigenvalue weighted by Gasteiger charge is 2.22. The van der Waals surface area contributed by atoms with Crippen LogP contribution in [-0.4, -0.2) is 24.5 Å². The molecule has 0 saturated heterocycles. The number of anilines is 1. The molecule has 0 spiro atoms. The Labute approximate surface area is 148 Å². The molecule has 1 aliphatic heterocycles. The molecule has 5 nitrogen and oxygen atoms in total. The number of carbonyl (C=O) groups excluding carboxylic acids is 1. The average molecular weight is 349 g/mol. The second-order valence-corrected chi connectivity index (χ2v) is 7.37. The van der Waals surface area contributed by atoms with Crippen LogP contribution >= 0.6 is 11.8 Å². The van der Waals surface area contributed by atoms with Gasteiger partial charge in [-0.25, -0.2) is 0 Å². The Kier molecular flexibility index (Phi) is 6.99. The van der Waals surface area contributed by atoms with E-state index >= 15 is 0 Å². The molecule has 132 valence electrons. The predicted octanol–water partition coefficient (Wildman–Crippen LogP) is 3.14. The number of rotatable bonds is 8. The smallest absolute Gasteiger partial charge is 0.253 e. The van der Waals surface area contributed by atoms with E-state index in [4.69, 9.17) is 5.73 Å². The number of nitrogens with two attached hydrogens (primary N) is 1. The molecular weight excluding hydrogens is 320 g/mol. The Morgan fingerprint density at radius 3 is 2.71 bits per heavy atom. The first-order valence-electron chi connectivity index (χ1n) is 8.48. The topological polar surface area (TPSA) is 79.2 Å². The van der Waals surface area contributed by atoms with Gasteiger partial charge in [-0.2, -0.15) is 0 Å². The maximum Gasteiger partial charge on any atom is 0.253 e. The standard InChI is InChI=1S/C18H28N4OS/c1-12-15(17(23)22-18-21-13(2)14(3)24-18)8-7-9-16(12)20-11-6-4-5-10-19/h7-9,18,20-21H,4-6,10-11,19H2,1-3H3,(H,22,23). The van der Waals surface area contributed by atoms with Crippen molar-refractivity contribution in [2.45, 2.75) is 45.5 Å². The van der Waals surface area contributed by atoms with Gasteiger partial charge in [-0.05, 0) is 57.9 Å². The monoisotopic (exact) mass is 348 g/mol. The molecular formula is C18H28N4OS.